The summed E-state index contributed by atoms with van der Waals surface area (Å²) in [5.74, 6) is -1.48. The summed E-state index contributed by atoms with van der Waals surface area (Å²) in [6.45, 7) is 9.86. The summed E-state index contributed by atoms with van der Waals surface area (Å²) in [6.07, 6.45) is 3.56. The van der Waals surface area contributed by atoms with Gasteiger partial charge in [-0.25, -0.2) is 13.6 Å². The lowest BCUT2D eigenvalue weighted by atomic mass is 9.97. The van der Waals surface area contributed by atoms with Gasteiger partial charge in [0.05, 0.1) is 12.1 Å². The van der Waals surface area contributed by atoms with Crippen molar-refractivity contribution in [2.24, 2.45) is 0 Å². The molecule has 0 spiro atoms. The van der Waals surface area contributed by atoms with Crippen molar-refractivity contribution in [3.05, 3.63) is 70.8 Å². The fraction of sp³-hybridized carbons (Fsp3) is 0.562. The molecule has 0 saturated carbocycles. The number of hydrogen-bond donors (Lipinski definition) is 4. The summed E-state index contributed by atoms with van der Waals surface area (Å²) in [6, 6.07) is 10.1. The van der Waals surface area contributed by atoms with Crippen molar-refractivity contribution in [1.29, 1.82) is 0 Å². The van der Waals surface area contributed by atoms with E-state index >= 15 is 0 Å². The van der Waals surface area contributed by atoms with E-state index in [4.69, 9.17) is 0 Å². The van der Waals surface area contributed by atoms with E-state index in [0.29, 0.717) is 18.7 Å². The maximum Gasteiger partial charge on any atom is 0.315 e. The van der Waals surface area contributed by atoms with E-state index in [1.807, 2.05) is 19.9 Å². The van der Waals surface area contributed by atoms with Crippen molar-refractivity contribution in [2.45, 2.75) is 90.8 Å². The molecule has 0 fully saturated rings. The zero-order valence-electron chi connectivity index (χ0n) is 25.0. The molecule has 0 aliphatic carbocycles. The van der Waals surface area contributed by atoms with E-state index in [0.717, 1.165) is 43.7 Å². The van der Waals surface area contributed by atoms with Crippen molar-refractivity contribution in [3.63, 3.8) is 0 Å². The zero-order valence-corrected chi connectivity index (χ0v) is 25.0. The van der Waals surface area contributed by atoms with E-state index < -0.39 is 29.8 Å². The van der Waals surface area contributed by atoms with Crippen molar-refractivity contribution < 1.29 is 23.5 Å². The molecule has 3 unspecified atom stereocenters. The molecule has 2 rings (SSSR count). The number of urea groups is 1. The van der Waals surface area contributed by atoms with Crippen LogP contribution in [0.3, 0.4) is 0 Å². The van der Waals surface area contributed by atoms with Gasteiger partial charge in [0, 0.05) is 44.7 Å². The number of carbonyl (C=O) groups is 2. The molecular weight excluding hydrogens is 526 g/mol. The van der Waals surface area contributed by atoms with Gasteiger partial charge in [0.1, 0.15) is 11.6 Å². The van der Waals surface area contributed by atoms with Gasteiger partial charge < -0.3 is 26.0 Å². The van der Waals surface area contributed by atoms with Crippen LogP contribution in [0.1, 0.15) is 82.5 Å². The predicted molar refractivity (Wildman–Crippen MR) is 160 cm³/mol. The highest BCUT2D eigenvalue weighted by atomic mass is 19.1. The van der Waals surface area contributed by atoms with Gasteiger partial charge in [0.15, 0.2) is 0 Å². The maximum atomic E-state index is 13.9. The lowest BCUT2D eigenvalue weighted by Gasteiger charge is -2.27. The van der Waals surface area contributed by atoms with Gasteiger partial charge in [0.25, 0.3) is 0 Å². The summed E-state index contributed by atoms with van der Waals surface area (Å²) >= 11 is 0. The number of hydrogen-bond acceptors (Lipinski definition) is 4. The zero-order chi connectivity index (χ0) is 30.2. The second kappa shape index (κ2) is 18.4. The summed E-state index contributed by atoms with van der Waals surface area (Å²) in [5.41, 5.74) is 2.66. The minimum Gasteiger partial charge on any atom is -0.390 e. The molecule has 0 saturated heterocycles. The third-order valence-corrected chi connectivity index (χ3v) is 7.04. The third kappa shape index (κ3) is 12.2. The van der Waals surface area contributed by atoms with E-state index in [1.165, 1.54) is 17.7 Å². The lowest BCUT2D eigenvalue weighted by Crippen LogP contribution is -2.52. The Morgan fingerprint density at radius 2 is 1.61 bits per heavy atom. The standard InChI is InChI=1S/C32H48F2N4O3/c1-5-10-28(25-12-9-11-23(8-4)17-25)36-22-30(39)29(20-24-18-26(33)21-27(34)19-24)37-32(41)35-14-13-31(40)38(15-6-2)16-7-3/h9,11-12,17-19,21,28-30,36,39H,5-8,10,13-16,20,22H2,1-4H3,(H2,35,37,41). The minimum absolute atomic E-state index is 0.00226. The molecule has 0 aromatic heterocycles. The second-order valence-electron chi connectivity index (χ2n) is 10.5. The average molecular weight is 575 g/mol. The van der Waals surface area contributed by atoms with Crippen LogP contribution in [0.25, 0.3) is 0 Å². The monoisotopic (exact) mass is 574 g/mol. The highest BCUT2D eigenvalue weighted by Crippen LogP contribution is 2.20. The van der Waals surface area contributed by atoms with Crippen LogP contribution >= 0.6 is 0 Å². The van der Waals surface area contributed by atoms with Crippen LogP contribution in [-0.4, -0.2) is 60.3 Å². The van der Waals surface area contributed by atoms with Crippen LogP contribution in [-0.2, 0) is 17.6 Å². The molecule has 0 heterocycles. The van der Waals surface area contributed by atoms with Crippen LogP contribution in [0.4, 0.5) is 13.6 Å². The van der Waals surface area contributed by atoms with Crippen LogP contribution in [0.2, 0.25) is 0 Å². The molecule has 0 aliphatic heterocycles. The Hall–Kier alpha value is -3.04. The molecule has 0 radical (unpaired) electrons. The van der Waals surface area contributed by atoms with Crippen LogP contribution in [0, 0.1) is 11.6 Å². The highest BCUT2D eigenvalue weighted by molar-refractivity contribution is 5.78. The average Bonchev–Trinajstić information content (AvgIpc) is 2.94. The normalized spacial score (nSPS) is 13.3. The molecule has 228 valence electrons. The number of nitrogens with zero attached hydrogens (tertiary/aromatic N) is 1. The second-order valence-corrected chi connectivity index (χ2v) is 10.5. The molecule has 3 atom stereocenters. The number of aliphatic hydroxyl groups excluding tert-OH is 1. The van der Waals surface area contributed by atoms with Gasteiger partial charge in [0.2, 0.25) is 5.91 Å². The first kappa shape index (κ1) is 34.2. The fourth-order valence-corrected chi connectivity index (χ4v) is 4.94. The van der Waals surface area contributed by atoms with Crippen molar-refractivity contribution in [2.75, 3.05) is 26.2 Å². The molecule has 2 aromatic carbocycles. The predicted octanol–water partition coefficient (Wildman–Crippen LogP) is 5.27. The lowest BCUT2D eigenvalue weighted by molar-refractivity contribution is -0.131. The quantitative estimate of drug-likeness (QED) is 0.195. The van der Waals surface area contributed by atoms with Gasteiger partial charge in [-0.05, 0) is 60.9 Å². The number of aliphatic hydroxyl groups is 1. The molecule has 0 aliphatic rings. The number of aryl methyl sites for hydroxylation is 1. The molecule has 7 nitrogen and oxygen atoms in total. The topological polar surface area (TPSA) is 93.7 Å². The van der Waals surface area contributed by atoms with Crippen LogP contribution in [0.5, 0.6) is 0 Å². The molecule has 0 bridgehead atoms. The Kier molecular flexibility index (Phi) is 15.3. The molecule has 3 amide bonds. The Bertz CT molecular complexity index is 1060. The van der Waals surface area contributed by atoms with Crippen molar-refractivity contribution in [3.8, 4) is 0 Å². The largest absolute Gasteiger partial charge is 0.390 e. The minimum atomic E-state index is -1.05. The van der Waals surface area contributed by atoms with Gasteiger partial charge in [-0.15, -0.1) is 0 Å². The van der Waals surface area contributed by atoms with Gasteiger partial charge in [-0.3, -0.25) is 4.79 Å². The summed E-state index contributed by atoms with van der Waals surface area (Å²) in [5, 5.41) is 20.1. The van der Waals surface area contributed by atoms with E-state index in [2.05, 4.69) is 48.0 Å². The number of halogens is 2. The SMILES string of the molecule is CCCC(NCC(O)C(Cc1cc(F)cc(F)c1)NC(=O)NCCC(=O)N(CCC)CCC)c1cccc(CC)c1. The first-order valence-electron chi connectivity index (χ1n) is 15.0. The molecule has 4 N–H and O–H groups in total. The Morgan fingerprint density at radius 1 is 0.927 bits per heavy atom. The molecular formula is C32H48F2N4O3. The van der Waals surface area contributed by atoms with Gasteiger partial charge >= 0.3 is 6.03 Å². The van der Waals surface area contributed by atoms with Gasteiger partial charge in [-0.2, -0.15) is 0 Å². The Balaban J connectivity index is 2.08. The summed E-state index contributed by atoms with van der Waals surface area (Å²) in [7, 11) is 0. The van der Waals surface area contributed by atoms with Crippen LogP contribution < -0.4 is 16.0 Å². The number of benzene rings is 2. The third-order valence-electron chi connectivity index (χ3n) is 7.04. The molecule has 41 heavy (non-hydrogen) atoms. The first-order valence-corrected chi connectivity index (χ1v) is 15.0. The van der Waals surface area contributed by atoms with Crippen molar-refractivity contribution >= 4 is 11.9 Å². The van der Waals surface area contributed by atoms with E-state index in [1.54, 1.807) is 4.90 Å². The highest BCUT2D eigenvalue weighted by Gasteiger charge is 2.24. The summed E-state index contributed by atoms with van der Waals surface area (Å²) < 4.78 is 27.8. The van der Waals surface area contributed by atoms with E-state index in [9.17, 15) is 23.5 Å². The number of nitrogens with one attached hydrogen (secondary N) is 3. The number of amides is 3. The van der Waals surface area contributed by atoms with Gasteiger partial charge in [-0.1, -0.05) is 58.4 Å². The molecule has 2 aromatic rings. The maximum absolute atomic E-state index is 13.9. The smallest absolute Gasteiger partial charge is 0.315 e. The van der Waals surface area contributed by atoms with E-state index in [-0.39, 0.29) is 37.9 Å². The number of rotatable bonds is 18. The van der Waals surface area contributed by atoms with Crippen molar-refractivity contribution in [1.82, 2.24) is 20.9 Å². The summed E-state index contributed by atoms with van der Waals surface area (Å²) in [4.78, 5) is 27.1. The molecule has 9 heteroatoms. The Morgan fingerprint density at radius 3 is 2.22 bits per heavy atom. The number of carbonyl (C=O) groups excluding carboxylic acids is 2. The first-order chi connectivity index (χ1) is 19.7. The Labute approximate surface area is 244 Å². The fourth-order valence-electron chi connectivity index (χ4n) is 4.94. The van der Waals surface area contributed by atoms with Crippen LogP contribution in [0.15, 0.2) is 42.5 Å².